The SMILES string of the molecule is COc1ccc(N2CCN(c3ccc([N+](=O)[O-])cc3)CC2)nc1. The number of rotatable bonds is 4. The second-order valence-corrected chi connectivity index (χ2v) is 5.30. The fourth-order valence-electron chi connectivity index (χ4n) is 2.66. The molecule has 7 heteroatoms. The maximum absolute atomic E-state index is 10.7. The van der Waals surface area contributed by atoms with Crippen molar-refractivity contribution in [3.8, 4) is 5.75 Å². The monoisotopic (exact) mass is 314 g/mol. The Morgan fingerprint density at radius 1 is 1.04 bits per heavy atom. The Kier molecular flexibility index (Phi) is 4.27. The topological polar surface area (TPSA) is 71.7 Å². The van der Waals surface area contributed by atoms with Gasteiger partial charge in [-0.1, -0.05) is 0 Å². The van der Waals surface area contributed by atoms with Gasteiger partial charge in [0.2, 0.25) is 0 Å². The van der Waals surface area contributed by atoms with E-state index in [2.05, 4.69) is 14.8 Å². The number of aromatic nitrogens is 1. The lowest BCUT2D eigenvalue weighted by atomic mass is 10.2. The summed E-state index contributed by atoms with van der Waals surface area (Å²) in [4.78, 5) is 19.2. The number of nitro benzene ring substituents is 1. The van der Waals surface area contributed by atoms with Crippen molar-refractivity contribution in [3.05, 3.63) is 52.7 Å². The number of ether oxygens (including phenoxy) is 1. The average molecular weight is 314 g/mol. The number of nitro groups is 1. The molecule has 23 heavy (non-hydrogen) atoms. The predicted octanol–water partition coefficient (Wildman–Crippen LogP) is 2.33. The minimum atomic E-state index is -0.378. The molecule has 0 aliphatic carbocycles. The summed E-state index contributed by atoms with van der Waals surface area (Å²) >= 11 is 0. The van der Waals surface area contributed by atoms with Crippen molar-refractivity contribution in [3.63, 3.8) is 0 Å². The molecule has 0 unspecified atom stereocenters. The second kappa shape index (κ2) is 6.51. The fourth-order valence-corrected chi connectivity index (χ4v) is 2.66. The Labute approximate surface area is 134 Å². The van der Waals surface area contributed by atoms with Gasteiger partial charge in [0.1, 0.15) is 11.6 Å². The third-order valence-corrected chi connectivity index (χ3v) is 3.99. The van der Waals surface area contributed by atoms with Crippen LogP contribution >= 0.6 is 0 Å². The van der Waals surface area contributed by atoms with Gasteiger partial charge >= 0.3 is 0 Å². The standard InChI is InChI=1S/C16H18N4O3/c1-23-15-6-7-16(17-12-15)19-10-8-18(9-11-19)13-2-4-14(5-3-13)20(21)22/h2-7,12H,8-11H2,1H3. The van der Waals surface area contributed by atoms with Crippen molar-refractivity contribution >= 4 is 17.2 Å². The first-order valence-corrected chi connectivity index (χ1v) is 7.42. The Bertz CT molecular complexity index is 665. The van der Waals surface area contributed by atoms with Gasteiger partial charge in [0.25, 0.3) is 5.69 Å². The molecular formula is C16H18N4O3. The van der Waals surface area contributed by atoms with E-state index < -0.39 is 0 Å². The minimum Gasteiger partial charge on any atom is -0.495 e. The molecule has 1 aliphatic heterocycles. The Hall–Kier alpha value is -2.83. The lowest BCUT2D eigenvalue weighted by Gasteiger charge is -2.36. The third kappa shape index (κ3) is 3.33. The highest BCUT2D eigenvalue weighted by Gasteiger charge is 2.19. The van der Waals surface area contributed by atoms with Crippen LogP contribution in [0.3, 0.4) is 0 Å². The minimum absolute atomic E-state index is 0.120. The lowest BCUT2D eigenvalue weighted by molar-refractivity contribution is -0.384. The summed E-state index contributed by atoms with van der Waals surface area (Å²) in [7, 11) is 1.62. The van der Waals surface area contributed by atoms with Gasteiger partial charge in [-0.25, -0.2) is 4.98 Å². The first-order chi connectivity index (χ1) is 11.2. The van der Waals surface area contributed by atoms with E-state index in [1.54, 1.807) is 37.6 Å². The summed E-state index contributed by atoms with van der Waals surface area (Å²) in [5.74, 6) is 1.69. The van der Waals surface area contributed by atoms with E-state index in [4.69, 9.17) is 4.74 Å². The van der Waals surface area contributed by atoms with Gasteiger partial charge in [-0.15, -0.1) is 0 Å². The number of anilines is 2. The molecule has 0 radical (unpaired) electrons. The highest BCUT2D eigenvalue weighted by molar-refractivity contribution is 5.52. The number of nitrogens with zero attached hydrogens (tertiary/aromatic N) is 4. The van der Waals surface area contributed by atoms with Crippen LogP contribution in [0.25, 0.3) is 0 Å². The number of non-ortho nitro benzene ring substituents is 1. The zero-order valence-corrected chi connectivity index (χ0v) is 12.9. The van der Waals surface area contributed by atoms with Crippen molar-refractivity contribution in [2.45, 2.75) is 0 Å². The third-order valence-electron chi connectivity index (χ3n) is 3.99. The van der Waals surface area contributed by atoms with Crippen LogP contribution in [0.5, 0.6) is 5.75 Å². The predicted molar refractivity (Wildman–Crippen MR) is 88.3 cm³/mol. The van der Waals surface area contributed by atoms with Crippen LogP contribution in [0.15, 0.2) is 42.6 Å². The van der Waals surface area contributed by atoms with E-state index in [1.807, 2.05) is 12.1 Å². The molecule has 0 amide bonds. The lowest BCUT2D eigenvalue weighted by Crippen LogP contribution is -2.46. The number of methoxy groups -OCH3 is 1. The summed E-state index contributed by atoms with van der Waals surface area (Å²) in [5.41, 5.74) is 1.13. The van der Waals surface area contributed by atoms with Crippen LogP contribution in [0.2, 0.25) is 0 Å². The van der Waals surface area contributed by atoms with Gasteiger partial charge in [-0.2, -0.15) is 0 Å². The number of hydrogen-bond acceptors (Lipinski definition) is 6. The van der Waals surface area contributed by atoms with Crippen molar-refractivity contribution < 1.29 is 9.66 Å². The molecule has 0 N–H and O–H groups in total. The highest BCUT2D eigenvalue weighted by Crippen LogP contribution is 2.22. The molecule has 1 saturated heterocycles. The van der Waals surface area contributed by atoms with Gasteiger partial charge in [0, 0.05) is 44.0 Å². The second-order valence-electron chi connectivity index (χ2n) is 5.30. The Balaban J connectivity index is 1.62. The molecule has 1 aromatic carbocycles. The normalized spacial score (nSPS) is 14.7. The summed E-state index contributed by atoms with van der Waals surface area (Å²) in [6.45, 7) is 3.42. The van der Waals surface area contributed by atoms with Crippen molar-refractivity contribution in [2.24, 2.45) is 0 Å². The summed E-state index contributed by atoms with van der Waals surface area (Å²) in [6.07, 6.45) is 1.72. The molecule has 0 spiro atoms. The molecule has 3 rings (SSSR count). The molecule has 0 atom stereocenters. The van der Waals surface area contributed by atoms with Gasteiger partial charge in [-0.3, -0.25) is 10.1 Å². The molecule has 0 bridgehead atoms. The van der Waals surface area contributed by atoms with Crippen LogP contribution in [-0.2, 0) is 0 Å². The summed E-state index contributed by atoms with van der Waals surface area (Å²) < 4.78 is 5.12. The molecule has 1 aromatic heterocycles. The number of piperazine rings is 1. The number of pyridine rings is 1. The van der Waals surface area contributed by atoms with Crippen molar-refractivity contribution in [1.82, 2.24) is 4.98 Å². The highest BCUT2D eigenvalue weighted by atomic mass is 16.6. The van der Waals surface area contributed by atoms with Gasteiger partial charge < -0.3 is 14.5 Å². The van der Waals surface area contributed by atoms with Crippen LogP contribution in [0.1, 0.15) is 0 Å². The molecule has 1 fully saturated rings. The first kappa shape index (κ1) is 15.1. The number of benzene rings is 1. The maximum Gasteiger partial charge on any atom is 0.269 e. The molecule has 2 heterocycles. The van der Waals surface area contributed by atoms with Crippen LogP contribution < -0.4 is 14.5 Å². The van der Waals surface area contributed by atoms with Crippen molar-refractivity contribution in [2.75, 3.05) is 43.1 Å². The quantitative estimate of drug-likeness (QED) is 0.637. The Morgan fingerprint density at radius 2 is 1.70 bits per heavy atom. The van der Waals surface area contributed by atoms with E-state index in [-0.39, 0.29) is 10.6 Å². The van der Waals surface area contributed by atoms with Gasteiger partial charge in [-0.05, 0) is 24.3 Å². The summed E-state index contributed by atoms with van der Waals surface area (Å²) in [5, 5.41) is 10.7. The van der Waals surface area contributed by atoms with E-state index in [0.29, 0.717) is 0 Å². The summed E-state index contributed by atoms with van der Waals surface area (Å²) in [6, 6.07) is 10.6. The molecule has 0 saturated carbocycles. The van der Waals surface area contributed by atoms with Crippen LogP contribution in [0.4, 0.5) is 17.2 Å². The molecule has 1 aliphatic rings. The van der Waals surface area contributed by atoms with Crippen LogP contribution in [0, 0.1) is 10.1 Å². The molecule has 120 valence electrons. The molecule has 7 nitrogen and oxygen atoms in total. The zero-order valence-electron chi connectivity index (χ0n) is 12.9. The molecular weight excluding hydrogens is 296 g/mol. The van der Waals surface area contributed by atoms with E-state index in [0.717, 1.165) is 43.4 Å². The van der Waals surface area contributed by atoms with Gasteiger partial charge in [0.15, 0.2) is 0 Å². The van der Waals surface area contributed by atoms with Crippen LogP contribution in [-0.4, -0.2) is 43.2 Å². The van der Waals surface area contributed by atoms with E-state index in [9.17, 15) is 10.1 Å². The molecule has 2 aromatic rings. The zero-order chi connectivity index (χ0) is 16.2. The maximum atomic E-state index is 10.7. The number of hydrogen-bond donors (Lipinski definition) is 0. The van der Waals surface area contributed by atoms with E-state index in [1.165, 1.54) is 0 Å². The van der Waals surface area contributed by atoms with E-state index >= 15 is 0 Å². The average Bonchev–Trinajstić information content (AvgIpc) is 2.62. The van der Waals surface area contributed by atoms with Crippen molar-refractivity contribution in [1.29, 1.82) is 0 Å². The first-order valence-electron chi connectivity index (χ1n) is 7.42. The largest absolute Gasteiger partial charge is 0.495 e. The fraction of sp³-hybridized carbons (Fsp3) is 0.312. The van der Waals surface area contributed by atoms with Gasteiger partial charge in [0.05, 0.1) is 18.2 Å². The Morgan fingerprint density at radius 3 is 2.22 bits per heavy atom. The smallest absolute Gasteiger partial charge is 0.269 e.